The zero-order valence-corrected chi connectivity index (χ0v) is 13.9. The van der Waals surface area contributed by atoms with Gasteiger partial charge in [-0.3, -0.25) is 4.79 Å². The average molecular weight is 432 g/mol. The molecule has 98 valence electrons. The van der Waals surface area contributed by atoms with Crippen molar-refractivity contribution in [1.29, 1.82) is 0 Å². The van der Waals surface area contributed by atoms with Crippen molar-refractivity contribution in [2.75, 3.05) is 12.4 Å². The lowest BCUT2D eigenvalue weighted by molar-refractivity contribution is 0.102. The summed E-state index contributed by atoms with van der Waals surface area (Å²) in [5.41, 5.74) is 1.31. The number of hydrogen-bond donors (Lipinski definition) is 1. The van der Waals surface area contributed by atoms with E-state index in [0.717, 1.165) is 8.04 Å². The summed E-state index contributed by atoms with van der Waals surface area (Å²) >= 11 is 5.58. The fourth-order valence-electron chi connectivity index (χ4n) is 1.55. The van der Waals surface area contributed by atoms with Crippen LogP contribution in [0.25, 0.3) is 0 Å². The number of nitrogens with one attached hydrogen (secondary N) is 1. The second kappa shape index (κ2) is 6.38. The smallest absolute Gasteiger partial charge is 0.255 e. The van der Waals surface area contributed by atoms with E-state index < -0.39 is 0 Å². The van der Waals surface area contributed by atoms with E-state index in [1.165, 1.54) is 0 Å². The van der Waals surface area contributed by atoms with E-state index in [9.17, 15) is 4.79 Å². The second-order valence-electron chi connectivity index (χ2n) is 3.81. The van der Waals surface area contributed by atoms with Gasteiger partial charge in [0.2, 0.25) is 0 Å². The zero-order chi connectivity index (χ0) is 13.8. The monoisotopic (exact) mass is 431 g/mol. The van der Waals surface area contributed by atoms with Crippen LogP contribution in [0.5, 0.6) is 5.75 Å². The maximum Gasteiger partial charge on any atom is 0.255 e. The Morgan fingerprint density at radius 3 is 2.74 bits per heavy atom. The summed E-state index contributed by atoms with van der Waals surface area (Å²) in [5.74, 6) is 0.550. The molecule has 0 unspecified atom stereocenters. The fourth-order valence-corrected chi connectivity index (χ4v) is 2.44. The molecule has 0 saturated carbocycles. The number of ether oxygens (including phenoxy) is 1. The van der Waals surface area contributed by atoms with E-state index in [0.29, 0.717) is 17.0 Å². The Hall–Kier alpha value is -1.08. The molecule has 0 saturated heterocycles. The minimum absolute atomic E-state index is 0.146. The Labute approximate surface area is 133 Å². The molecule has 0 aliphatic carbocycles. The maximum absolute atomic E-state index is 12.1. The lowest BCUT2D eigenvalue weighted by Crippen LogP contribution is -2.12. The summed E-state index contributed by atoms with van der Waals surface area (Å²) < 4.78 is 6.98. The van der Waals surface area contributed by atoms with Gasteiger partial charge in [-0.15, -0.1) is 0 Å². The van der Waals surface area contributed by atoms with Gasteiger partial charge in [0.1, 0.15) is 5.75 Å². The van der Waals surface area contributed by atoms with E-state index in [4.69, 9.17) is 4.74 Å². The predicted octanol–water partition coefficient (Wildman–Crippen LogP) is 4.31. The van der Waals surface area contributed by atoms with Crippen LogP contribution in [0.4, 0.5) is 5.69 Å². The van der Waals surface area contributed by atoms with Gasteiger partial charge in [0.15, 0.2) is 0 Å². The molecule has 0 aliphatic heterocycles. The van der Waals surface area contributed by atoms with Gasteiger partial charge in [0, 0.05) is 19.7 Å². The van der Waals surface area contributed by atoms with Crippen molar-refractivity contribution in [3.63, 3.8) is 0 Å². The first-order chi connectivity index (χ1) is 9.10. The second-order valence-corrected chi connectivity index (χ2v) is 5.91. The number of rotatable bonds is 3. The van der Waals surface area contributed by atoms with Crippen molar-refractivity contribution < 1.29 is 9.53 Å². The molecular weight excluding hydrogens is 421 g/mol. The molecule has 0 aliphatic rings. The summed E-state index contributed by atoms with van der Waals surface area (Å²) in [5, 5.41) is 2.86. The van der Waals surface area contributed by atoms with Gasteiger partial charge in [0.25, 0.3) is 5.91 Å². The van der Waals surface area contributed by atoms with Crippen LogP contribution in [0.2, 0.25) is 0 Å². The first-order valence-corrected chi connectivity index (χ1v) is 7.38. The Morgan fingerprint density at radius 1 is 1.26 bits per heavy atom. The van der Waals surface area contributed by atoms with Crippen LogP contribution >= 0.6 is 38.5 Å². The Bertz CT molecular complexity index is 616. The molecule has 5 heteroatoms. The third-order valence-electron chi connectivity index (χ3n) is 2.51. The van der Waals surface area contributed by atoms with Gasteiger partial charge in [-0.2, -0.15) is 0 Å². The quantitative estimate of drug-likeness (QED) is 0.735. The number of hydrogen-bond acceptors (Lipinski definition) is 2. The zero-order valence-electron chi connectivity index (χ0n) is 10.1. The number of methoxy groups -OCH3 is 1. The van der Waals surface area contributed by atoms with Crippen molar-refractivity contribution in [2.45, 2.75) is 0 Å². The molecule has 0 aromatic heterocycles. The summed E-state index contributed by atoms with van der Waals surface area (Å²) in [6.07, 6.45) is 0. The Kier molecular flexibility index (Phi) is 4.81. The van der Waals surface area contributed by atoms with Crippen molar-refractivity contribution in [3.05, 3.63) is 56.1 Å². The van der Waals surface area contributed by atoms with Crippen LogP contribution in [-0.2, 0) is 0 Å². The van der Waals surface area contributed by atoms with Crippen molar-refractivity contribution >= 4 is 50.1 Å². The number of amides is 1. The molecule has 0 radical (unpaired) electrons. The molecule has 0 atom stereocenters. The molecule has 0 heterocycles. The highest BCUT2D eigenvalue weighted by Gasteiger charge is 2.09. The average Bonchev–Trinajstić information content (AvgIpc) is 2.41. The van der Waals surface area contributed by atoms with E-state index in [-0.39, 0.29) is 5.91 Å². The van der Waals surface area contributed by atoms with Crippen LogP contribution < -0.4 is 10.1 Å². The highest BCUT2D eigenvalue weighted by molar-refractivity contribution is 14.1. The van der Waals surface area contributed by atoms with Crippen molar-refractivity contribution in [2.24, 2.45) is 0 Å². The van der Waals surface area contributed by atoms with E-state index in [2.05, 4.69) is 43.8 Å². The van der Waals surface area contributed by atoms with Crippen LogP contribution in [0.15, 0.2) is 46.9 Å². The Balaban J connectivity index is 2.23. The maximum atomic E-state index is 12.1. The fraction of sp³-hybridized carbons (Fsp3) is 0.0714. The van der Waals surface area contributed by atoms with Crippen molar-refractivity contribution in [3.8, 4) is 5.75 Å². The van der Waals surface area contributed by atoms with Gasteiger partial charge in [-0.25, -0.2) is 0 Å². The molecule has 2 rings (SSSR count). The summed E-state index contributed by atoms with van der Waals surface area (Å²) in [4.78, 5) is 12.1. The van der Waals surface area contributed by atoms with Gasteiger partial charge in [0.05, 0.1) is 12.8 Å². The lowest BCUT2D eigenvalue weighted by Gasteiger charge is -2.09. The molecule has 0 bridgehead atoms. The molecule has 2 aromatic carbocycles. The number of benzene rings is 2. The van der Waals surface area contributed by atoms with Gasteiger partial charge in [-0.1, -0.05) is 6.07 Å². The standard InChI is InChI=1S/C14H11BrINO2/c1-19-11-5-6-12(15)13(8-11)17-14(18)9-3-2-4-10(16)7-9/h2-8H,1H3,(H,17,18). The molecule has 1 amide bonds. The van der Waals surface area contributed by atoms with E-state index in [1.807, 2.05) is 30.3 Å². The summed E-state index contributed by atoms with van der Waals surface area (Å²) in [6, 6.07) is 12.9. The van der Waals surface area contributed by atoms with Gasteiger partial charge < -0.3 is 10.1 Å². The molecule has 0 fully saturated rings. The van der Waals surface area contributed by atoms with Crippen LogP contribution in [0.1, 0.15) is 10.4 Å². The number of halogens is 2. The highest BCUT2D eigenvalue weighted by atomic mass is 127. The minimum atomic E-state index is -0.146. The number of carbonyl (C=O) groups is 1. The first-order valence-electron chi connectivity index (χ1n) is 5.50. The van der Waals surface area contributed by atoms with E-state index >= 15 is 0 Å². The van der Waals surface area contributed by atoms with Gasteiger partial charge in [-0.05, 0) is 68.9 Å². The molecule has 3 nitrogen and oxygen atoms in total. The van der Waals surface area contributed by atoms with Gasteiger partial charge >= 0.3 is 0 Å². The third kappa shape index (κ3) is 3.70. The molecule has 1 N–H and O–H groups in total. The Morgan fingerprint density at radius 2 is 2.05 bits per heavy atom. The summed E-state index contributed by atoms with van der Waals surface area (Å²) in [7, 11) is 1.59. The SMILES string of the molecule is COc1ccc(Br)c(NC(=O)c2cccc(I)c2)c1. The first kappa shape index (κ1) is 14.3. The molecule has 0 spiro atoms. The predicted molar refractivity (Wildman–Crippen MR) is 87.8 cm³/mol. The third-order valence-corrected chi connectivity index (χ3v) is 3.87. The van der Waals surface area contributed by atoms with Crippen LogP contribution in [0, 0.1) is 3.57 Å². The lowest BCUT2D eigenvalue weighted by atomic mass is 10.2. The van der Waals surface area contributed by atoms with Crippen molar-refractivity contribution in [1.82, 2.24) is 0 Å². The number of carbonyl (C=O) groups excluding carboxylic acids is 1. The number of anilines is 1. The molecule has 19 heavy (non-hydrogen) atoms. The summed E-state index contributed by atoms with van der Waals surface area (Å²) in [6.45, 7) is 0. The topological polar surface area (TPSA) is 38.3 Å². The van der Waals surface area contributed by atoms with Crippen LogP contribution in [0.3, 0.4) is 0 Å². The molecule has 2 aromatic rings. The largest absolute Gasteiger partial charge is 0.497 e. The minimum Gasteiger partial charge on any atom is -0.497 e. The normalized spacial score (nSPS) is 10.1. The van der Waals surface area contributed by atoms with Crippen LogP contribution in [-0.4, -0.2) is 13.0 Å². The molecular formula is C14H11BrINO2. The van der Waals surface area contributed by atoms with E-state index in [1.54, 1.807) is 19.2 Å². The highest BCUT2D eigenvalue weighted by Crippen LogP contribution is 2.27.